The number of halogens is 1. The number of rotatable bonds is 0. The molecule has 0 aliphatic carbocycles. The topological polar surface area (TPSA) is 60.7 Å². The highest BCUT2D eigenvalue weighted by molar-refractivity contribution is 6.28. The van der Waals surface area contributed by atoms with Crippen molar-refractivity contribution in [3.8, 4) is 0 Å². The standard InChI is InChI=1S/C7H5ClN4O/c1-12-5(13)3-9-4-2-10-7(8)11-6(4)12/h2-3H,1H3. The molecule has 0 bridgehead atoms. The average molecular weight is 197 g/mol. The second kappa shape index (κ2) is 2.77. The van der Waals surface area contributed by atoms with E-state index in [1.807, 2.05) is 0 Å². The SMILES string of the molecule is Cn1c(=O)cnc2cnc(Cl)nc21. The van der Waals surface area contributed by atoms with E-state index in [9.17, 15) is 4.79 Å². The van der Waals surface area contributed by atoms with Crippen molar-refractivity contribution in [2.45, 2.75) is 0 Å². The maximum absolute atomic E-state index is 11.1. The van der Waals surface area contributed by atoms with Crippen LogP contribution in [-0.2, 0) is 7.05 Å². The summed E-state index contributed by atoms with van der Waals surface area (Å²) in [6.07, 6.45) is 2.70. The highest BCUT2D eigenvalue weighted by atomic mass is 35.5. The summed E-state index contributed by atoms with van der Waals surface area (Å²) in [5.41, 5.74) is 0.765. The molecule has 0 saturated heterocycles. The van der Waals surface area contributed by atoms with E-state index >= 15 is 0 Å². The molecular weight excluding hydrogens is 192 g/mol. The van der Waals surface area contributed by atoms with Gasteiger partial charge in [-0.25, -0.2) is 9.97 Å². The summed E-state index contributed by atoms with van der Waals surface area (Å²) in [4.78, 5) is 22.7. The van der Waals surface area contributed by atoms with Crippen LogP contribution in [0.2, 0.25) is 5.28 Å². The fourth-order valence-electron chi connectivity index (χ4n) is 0.999. The largest absolute Gasteiger partial charge is 0.293 e. The lowest BCUT2D eigenvalue weighted by molar-refractivity contribution is 0.868. The van der Waals surface area contributed by atoms with Crippen LogP contribution in [0.5, 0.6) is 0 Å². The van der Waals surface area contributed by atoms with Gasteiger partial charge in [0, 0.05) is 7.05 Å². The maximum atomic E-state index is 11.1. The number of hydrogen-bond donors (Lipinski definition) is 0. The predicted molar refractivity (Wildman–Crippen MR) is 47.6 cm³/mol. The Bertz CT molecular complexity index is 521. The number of fused-ring (bicyclic) bond motifs is 1. The van der Waals surface area contributed by atoms with Crippen molar-refractivity contribution in [3.63, 3.8) is 0 Å². The van der Waals surface area contributed by atoms with Gasteiger partial charge in [0.1, 0.15) is 5.52 Å². The van der Waals surface area contributed by atoms with Crippen molar-refractivity contribution in [1.29, 1.82) is 0 Å². The van der Waals surface area contributed by atoms with Gasteiger partial charge < -0.3 is 0 Å². The smallest absolute Gasteiger partial charge is 0.270 e. The Balaban J connectivity index is 2.97. The molecule has 2 aromatic rings. The zero-order valence-corrected chi connectivity index (χ0v) is 7.49. The van der Waals surface area contributed by atoms with Crippen LogP contribution < -0.4 is 5.56 Å². The van der Waals surface area contributed by atoms with Crippen molar-refractivity contribution in [2.75, 3.05) is 0 Å². The summed E-state index contributed by atoms with van der Waals surface area (Å²) >= 11 is 5.58. The van der Waals surface area contributed by atoms with Crippen molar-refractivity contribution < 1.29 is 0 Å². The minimum Gasteiger partial charge on any atom is -0.293 e. The number of aryl methyl sites for hydroxylation is 1. The Morgan fingerprint density at radius 1 is 1.38 bits per heavy atom. The van der Waals surface area contributed by atoms with E-state index in [-0.39, 0.29) is 10.8 Å². The van der Waals surface area contributed by atoms with Gasteiger partial charge >= 0.3 is 0 Å². The quantitative estimate of drug-likeness (QED) is 0.572. The normalized spacial score (nSPS) is 10.6. The molecule has 0 atom stereocenters. The summed E-state index contributed by atoms with van der Waals surface area (Å²) in [6.45, 7) is 0. The summed E-state index contributed by atoms with van der Waals surface area (Å²) in [5.74, 6) is 0. The minimum absolute atomic E-state index is 0.107. The number of hydrogen-bond acceptors (Lipinski definition) is 4. The molecule has 0 aliphatic rings. The van der Waals surface area contributed by atoms with Gasteiger partial charge in [0.25, 0.3) is 5.56 Å². The lowest BCUT2D eigenvalue weighted by Gasteiger charge is -2.00. The molecule has 0 unspecified atom stereocenters. The third-order valence-electron chi connectivity index (χ3n) is 1.68. The van der Waals surface area contributed by atoms with E-state index in [0.717, 1.165) is 0 Å². The monoisotopic (exact) mass is 196 g/mol. The zero-order valence-electron chi connectivity index (χ0n) is 6.73. The molecule has 2 rings (SSSR count). The number of nitrogens with zero attached hydrogens (tertiary/aromatic N) is 4. The van der Waals surface area contributed by atoms with E-state index in [2.05, 4.69) is 15.0 Å². The summed E-state index contributed by atoms with van der Waals surface area (Å²) in [5, 5.41) is 0.107. The lowest BCUT2D eigenvalue weighted by Crippen LogP contribution is -2.17. The third kappa shape index (κ3) is 1.27. The molecule has 2 heterocycles. The molecule has 0 radical (unpaired) electrons. The number of aromatic nitrogens is 4. The van der Waals surface area contributed by atoms with E-state index in [0.29, 0.717) is 11.2 Å². The maximum Gasteiger partial charge on any atom is 0.270 e. The predicted octanol–water partition coefficient (Wildman–Crippen LogP) is 0.377. The molecule has 0 spiro atoms. The van der Waals surface area contributed by atoms with Crippen molar-refractivity contribution >= 4 is 22.8 Å². The van der Waals surface area contributed by atoms with E-state index in [4.69, 9.17) is 11.6 Å². The molecule has 0 saturated carbocycles. The average Bonchev–Trinajstić information content (AvgIpc) is 2.12. The van der Waals surface area contributed by atoms with Crippen LogP contribution >= 0.6 is 11.6 Å². The highest BCUT2D eigenvalue weighted by Gasteiger charge is 2.02. The van der Waals surface area contributed by atoms with Crippen LogP contribution in [0, 0.1) is 0 Å². The molecule has 6 heteroatoms. The molecular formula is C7H5ClN4O. The first-order valence-electron chi connectivity index (χ1n) is 3.53. The summed E-state index contributed by atoms with van der Waals surface area (Å²) in [6, 6.07) is 0. The molecule has 0 fully saturated rings. The Kier molecular flexibility index (Phi) is 1.73. The van der Waals surface area contributed by atoms with Gasteiger partial charge in [-0.3, -0.25) is 9.36 Å². The Morgan fingerprint density at radius 3 is 2.92 bits per heavy atom. The van der Waals surface area contributed by atoms with Gasteiger partial charge in [-0.15, -0.1) is 0 Å². The molecule has 0 aliphatic heterocycles. The fourth-order valence-corrected chi connectivity index (χ4v) is 1.13. The first kappa shape index (κ1) is 8.12. The first-order valence-corrected chi connectivity index (χ1v) is 3.90. The van der Waals surface area contributed by atoms with Crippen LogP contribution in [0.1, 0.15) is 0 Å². The van der Waals surface area contributed by atoms with Crippen LogP contribution in [-0.4, -0.2) is 19.5 Å². The lowest BCUT2D eigenvalue weighted by atomic mass is 10.5. The Labute approximate surface area is 78.0 Å². The van der Waals surface area contributed by atoms with Gasteiger partial charge in [0.2, 0.25) is 5.28 Å². The van der Waals surface area contributed by atoms with Crippen molar-refractivity contribution in [2.24, 2.45) is 7.05 Å². The van der Waals surface area contributed by atoms with Gasteiger partial charge in [-0.2, -0.15) is 4.98 Å². The fraction of sp³-hybridized carbons (Fsp3) is 0.143. The molecule has 66 valence electrons. The third-order valence-corrected chi connectivity index (χ3v) is 1.87. The highest BCUT2D eigenvalue weighted by Crippen LogP contribution is 2.06. The van der Waals surface area contributed by atoms with Crippen LogP contribution in [0.15, 0.2) is 17.2 Å². The van der Waals surface area contributed by atoms with Gasteiger partial charge in [0.05, 0.1) is 12.4 Å². The molecule has 0 N–H and O–H groups in total. The minimum atomic E-state index is -0.220. The van der Waals surface area contributed by atoms with Crippen LogP contribution in [0.4, 0.5) is 0 Å². The zero-order chi connectivity index (χ0) is 9.42. The van der Waals surface area contributed by atoms with Crippen molar-refractivity contribution in [1.82, 2.24) is 19.5 Å². The summed E-state index contributed by atoms with van der Waals surface area (Å²) < 4.78 is 1.37. The van der Waals surface area contributed by atoms with E-state index < -0.39 is 0 Å². The second-order valence-corrected chi connectivity index (χ2v) is 2.84. The Hall–Kier alpha value is -1.49. The van der Waals surface area contributed by atoms with E-state index in [1.54, 1.807) is 7.05 Å². The molecule has 0 aromatic carbocycles. The molecule has 2 aromatic heterocycles. The van der Waals surface area contributed by atoms with E-state index in [1.165, 1.54) is 17.0 Å². The van der Waals surface area contributed by atoms with Crippen LogP contribution in [0.3, 0.4) is 0 Å². The van der Waals surface area contributed by atoms with Gasteiger partial charge in [-0.1, -0.05) is 0 Å². The van der Waals surface area contributed by atoms with Gasteiger partial charge in [-0.05, 0) is 11.6 Å². The molecule has 5 nitrogen and oxygen atoms in total. The summed E-state index contributed by atoms with van der Waals surface area (Å²) in [7, 11) is 1.61. The molecule has 13 heavy (non-hydrogen) atoms. The first-order chi connectivity index (χ1) is 6.18. The Morgan fingerprint density at radius 2 is 2.15 bits per heavy atom. The molecule has 0 amide bonds. The van der Waals surface area contributed by atoms with Crippen molar-refractivity contribution in [3.05, 3.63) is 28.0 Å². The van der Waals surface area contributed by atoms with Gasteiger partial charge in [0.15, 0.2) is 5.65 Å². The van der Waals surface area contributed by atoms with Crippen LogP contribution in [0.25, 0.3) is 11.2 Å². The second-order valence-electron chi connectivity index (χ2n) is 2.50.